The number of hydrogen-bond donors (Lipinski definition) is 2. The Morgan fingerprint density at radius 2 is 1.75 bits per heavy atom. The molecule has 1 aliphatic rings. The molecule has 2 N–H and O–H groups in total. The van der Waals surface area contributed by atoms with E-state index in [1.165, 1.54) is 12.8 Å². The lowest BCUT2D eigenvalue weighted by Gasteiger charge is -2.37. The highest BCUT2D eigenvalue weighted by Crippen LogP contribution is 2.40. The highest BCUT2D eigenvalue weighted by Gasteiger charge is 2.31. The topological polar surface area (TPSA) is 57.5 Å². The van der Waals surface area contributed by atoms with Crippen LogP contribution in [0.25, 0.3) is 0 Å². The van der Waals surface area contributed by atoms with Crippen molar-refractivity contribution in [1.82, 2.24) is 0 Å². The SMILES string of the molecule is CC(C)(C)C1CCC(CC(O)C(=O)O)CC1. The summed E-state index contributed by atoms with van der Waals surface area (Å²) in [5.41, 5.74) is 0.358. The van der Waals surface area contributed by atoms with Gasteiger partial charge in [0.2, 0.25) is 0 Å². The zero-order valence-corrected chi connectivity index (χ0v) is 10.6. The van der Waals surface area contributed by atoms with Gasteiger partial charge in [0.05, 0.1) is 0 Å². The Morgan fingerprint density at radius 3 is 2.12 bits per heavy atom. The summed E-state index contributed by atoms with van der Waals surface area (Å²) in [6, 6.07) is 0. The van der Waals surface area contributed by atoms with Gasteiger partial charge in [-0.05, 0) is 36.5 Å². The highest BCUT2D eigenvalue weighted by atomic mass is 16.4. The second kappa shape index (κ2) is 5.17. The van der Waals surface area contributed by atoms with Gasteiger partial charge in [-0.15, -0.1) is 0 Å². The standard InChI is InChI=1S/C13H24O3/c1-13(2,3)10-6-4-9(5-7-10)8-11(14)12(15)16/h9-11,14H,4-8H2,1-3H3,(H,15,16). The van der Waals surface area contributed by atoms with Crippen molar-refractivity contribution in [2.75, 3.05) is 0 Å². The van der Waals surface area contributed by atoms with Crippen LogP contribution in [0.3, 0.4) is 0 Å². The van der Waals surface area contributed by atoms with Gasteiger partial charge in [0, 0.05) is 0 Å². The van der Waals surface area contributed by atoms with Crippen LogP contribution in [0.4, 0.5) is 0 Å². The van der Waals surface area contributed by atoms with E-state index in [4.69, 9.17) is 5.11 Å². The molecule has 94 valence electrons. The van der Waals surface area contributed by atoms with E-state index in [1.807, 2.05) is 0 Å². The van der Waals surface area contributed by atoms with Crippen molar-refractivity contribution < 1.29 is 15.0 Å². The lowest BCUT2D eigenvalue weighted by Crippen LogP contribution is -2.29. The van der Waals surface area contributed by atoms with Crippen molar-refractivity contribution in [1.29, 1.82) is 0 Å². The Balaban J connectivity index is 2.35. The smallest absolute Gasteiger partial charge is 0.332 e. The van der Waals surface area contributed by atoms with Crippen LogP contribution in [0, 0.1) is 17.3 Å². The zero-order chi connectivity index (χ0) is 12.3. The molecular weight excluding hydrogens is 204 g/mol. The molecule has 0 bridgehead atoms. The summed E-state index contributed by atoms with van der Waals surface area (Å²) >= 11 is 0. The van der Waals surface area contributed by atoms with Crippen LogP contribution in [-0.2, 0) is 4.79 Å². The fourth-order valence-electron chi connectivity index (χ4n) is 2.68. The fraction of sp³-hybridized carbons (Fsp3) is 0.923. The van der Waals surface area contributed by atoms with Crippen molar-refractivity contribution in [3.8, 4) is 0 Å². The van der Waals surface area contributed by atoms with E-state index in [1.54, 1.807) is 0 Å². The van der Waals surface area contributed by atoms with Crippen LogP contribution in [0.15, 0.2) is 0 Å². The van der Waals surface area contributed by atoms with Gasteiger partial charge in [-0.3, -0.25) is 0 Å². The number of carbonyl (C=O) groups is 1. The Bertz CT molecular complexity index is 234. The summed E-state index contributed by atoms with van der Waals surface area (Å²) < 4.78 is 0. The number of aliphatic hydroxyl groups excluding tert-OH is 1. The predicted molar refractivity (Wildman–Crippen MR) is 63.2 cm³/mol. The molecule has 0 aromatic heterocycles. The van der Waals surface area contributed by atoms with Gasteiger partial charge in [0.1, 0.15) is 0 Å². The van der Waals surface area contributed by atoms with Gasteiger partial charge in [-0.25, -0.2) is 4.79 Å². The quantitative estimate of drug-likeness (QED) is 0.780. The van der Waals surface area contributed by atoms with Crippen molar-refractivity contribution in [2.24, 2.45) is 17.3 Å². The normalized spacial score (nSPS) is 28.8. The molecule has 0 spiro atoms. The largest absolute Gasteiger partial charge is 0.479 e. The Morgan fingerprint density at radius 1 is 1.25 bits per heavy atom. The van der Waals surface area contributed by atoms with E-state index in [2.05, 4.69) is 20.8 Å². The molecule has 1 fully saturated rings. The molecule has 16 heavy (non-hydrogen) atoms. The first-order chi connectivity index (χ1) is 7.30. The number of carboxylic acids is 1. The van der Waals surface area contributed by atoms with Crippen LogP contribution < -0.4 is 0 Å². The summed E-state index contributed by atoms with van der Waals surface area (Å²) in [6.45, 7) is 6.80. The fourth-order valence-corrected chi connectivity index (χ4v) is 2.68. The van der Waals surface area contributed by atoms with Crippen molar-refractivity contribution in [2.45, 2.75) is 59.0 Å². The van der Waals surface area contributed by atoms with E-state index >= 15 is 0 Å². The number of aliphatic carboxylic acids is 1. The minimum absolute atomic E-state index is 0.358. The van der Waals surface area contributed by atoms with Gasteiger partial charge in [0.15, 0.2) is 6.10 Å². The summed E-state index contributed by atoms with van der Waals surface area (Å²) in [4.78, 5) is 10.5. The minimum Gasteiger partial charge on any atom is -0.479 e. The average Bonchev–Trinajstić information content (AvgIpc) is 2.17. The van der Waals surface area contributed by atoms with E-state index in [9.17, 15) is 9.90 Å². The molecular formula is C13H24O3. The van der Waals surface area contributed by atoms with Gasteiger partial charge in [-0.2, -0.15) is 0 Å². The van der Waals surface area contributed by atoms with Crippen LogP contribution in [-0.4, -0.2) is 22.3 Å². The molecule has 0 heterocycles. The molecule has 0 radical (unpaired) electrons. The molecule has 1 atom stereocenters. The van der Waals surface area contributed by atoms with Crippen LogP contribution in [0.5, 0.6) is 0 Å². The predicted octanol–water partition coefficient (Wildman–Crippen LogP) is 2.67. The number of rotatable bonds is 3. The number of carboxylic acid groups (broad SMARTS) is 1. The first-order valence-corrected chi connectivity index (χ1v) is 6.21. The third-order valence-corrected chi connectivity index (χ3v) is 3.91. The Hall–Kier alpha value is -0.570. The molecule has 1 unspecified atom stereocenters. The molecule has 0 aromatic rings. The first kappa shape index (κ1) is 13.5. The molecule has 1 aliphatic carbocycles. The Kier molecular flexibility index (Phi) is 4.36. The summed E-state index contributed by atoms with van der Waals surface area (Å²) in [7, 11) is 0. The Labute approximate surface area is 97.9 Å². The molecule has 0 aliphatic heterocycles. The van der Waals surface area contributed by atoms with Gasteiger partial charge < -0.3 is 10.2 Å². The van der Waals surface area contributed by atoms with Crippen LogP contribution in [0.2, 0.25) is 0 Å². The second-order valence-electron chi connectivity index (χ2n) is 6.17. The van der Waals surface area contributed by atoms with Crippen molar-refractivity contribution in [3.63, 3.8) is 0 Å². The summed E-state index contributed by atoms with van der Waals surface area (Å²) in [6.07, 6.45) is 3.71. The van der Waals surface area contributed by atoms with Gasteiger partial charge in [0.25, 0.3) is 0 Å². The maximum Gasteiger partial charge on any atom is 0.332 e. The maximum absolute atomic E-state index is 10.5. The highest BCUT2D eigenvalue weighted by molar-refractivity contribution is 5.71. The average molecular weight is 228 g/mol. The van der Waals surface area contributed by atoms with Crippen molar-refractivity contribution in [3.05, 3.63) is 0 Å². The molecule has 0 saturated heterocycles. The van der Waals surface area contributed by atoms with E-state index in [0.717, 1.165) is 18.8 Å². The van der Waals surface area contributed by atoms with E-state index in [0.29, 0.717) is 17.8 Å². The van der Waals surface area contributed by atoms with Crippen molar-refractivity contribution >= 4 is 5.97 Å². The molecule has 3 nitrogen and oxygen atoms in total. The third kappa shape index (κ3) is 3.78. The summed E-state index contributed by atoms with van der Waals surface area (Å²) in [5, 5.41) is 17.9. The van der Waals surface area contributed by atoms with Crippen LogP contribution in [0.1, 0.15) is 52.9 Å². The first-order valence-electron chi connectivity index (χ1n) is 6.21. The van der Waals surface area contributed by atoms with E-state index in [-0.39, 0.29) is 0 Å². The lowest BCUT2D eigenvalue weighted by molar-refractivity contribution is -0.147. The molecule has 1 saturated carbocycles. The maximum atomic E-state index is 10.5. The van der Waals surface area contributed by atoms with Gasteiger partial charge >= 0.3 is 5.97 Å². The third-order valence-electron chi connectivity index (χ3n) is 3.91. The summed E-state index contributed by atoms with van der Waals surface area (Å²) in [5.74, 6) is 0.0494. The number of aliphatic hydroxyl groups is 1. The number of hydrogen-bond acceptors (Lipinski definition) is 2. The molecule has 0 aromatic carbocycles. The second-order valence-corrected chi connectivity index (χ2v) is 6.17. The van der Waals surface area contributed by atoms with E-state index < -0.39 is 12.1 Å². The minimum atomic E-state index is -1.17. The van der Waals surface area contributed by atoms with Crippen LogP contribution >= 0.6 is 0 Å². The molecule has 3 heteroatoms. The van der Waals surface area contributed by atoms with Gasteiger partial charge in [-0.1, -0.05) is 33.6 Å². The molecule has 0 amide bonds. The molecule has 1 rings (SSSR count). The monoisotopic (exact) mass is 228 g/mol. The lowest BCUT2D eigenvalue weighted by atomic mass is 9.69. The zero-order valence-electron chi connectivity index (χ0n) is 10.6.